The van der Waals surface area contributed by atoms with Gasteiger partial charge in [0.2, 0.25) is 0 Å². The van der Waals surface area contributed by atoms with Gasteiger partial charge in [-0.15, -0.1) is 0 Å². The number of hydrogen-bond acceptors (Lipinski definition) is 3. The van der Waals surface area contributed by atoms with E-state index in [0.717, 1.165) is 0 Å². The quantitative estimate of drug-likeness (QED) is 0.629. The van der Waals surface area contributed by atoms with Gasteiger partial charge in [0, 0.05) is 9.26 Å². The molecular weight excluding hydrogens is 374 g/mol. The molecule has 0 saturated carbocycles. The number of methoxy groups -OCH3 is 1. The van der Waals surface area contributed by atoms with Gasteiger partial charge in [-0.05, 0) is 59.0 Å². The number of halogens is 2. The van der Waals surface area contributed by atoms with Crippen LogP contribution >= 0.6 is 22.6 Å². The smallest absolute Gasteiger partial charge is 0.256 e. The number of hydrogen-bond donors (Lipinski definition) is 2. The molecule has 0 aliphatic rings. The summed E-state index contributed by atoms with van der Waals surface area (Å²) in [6, 6.07) is 8.95. The number of carbonyl (C=O) groups is 1. The first-order valence-corrected chi connectivity index (χ1v) is 6.79. The van der Waals surface area contributed by atoms with Crippen LogP contribution in [0.15, 0.2) is 36.4 Å². The third-order valence-corrected chi connectivity index (χ3v) is 3.56. The molecule has 3 N–H and O–H groups in total. The third kappa shape index (κ3) is 3.19. The van der Waals surface area contributed by atoms with Crippen LogP contribution in [0.25, 0.3) is 0 Å². The second kappa shape index (κ2) is 6.08. The molecule has 0 aliphatic heterocycles. The SMILES string of the molecule is COc1ccc(NC(=O)c2ccc(F)cc2I)cc1N. The van der Waals surface area contributed by atoms with Gasteiger partial charge in [0.15, 0.2) is 0 Å². The van der Waals surface area contributed by atoms with E-state index in [1.807, 2.05) is 22.6 Å². The van der Waals surface area contributed by atoms with Crippen molar-refractivity contribution in [1.82, 2.24) is 0 Å². The first-order valence-electron chi connectivity index (χ1n) is 5.71. The Labute approximate surface area is 129 Å². The van der Waals surface area contributed by atoms with Crippen molar-refractivity contribution in [2.45, 2.75) is 0 Å². The van der Waals surface area contributed by atoms with Crippen LogP contribution in [0.1, 0.15) is 10.4 Å². The maximum absolute atomic E-state index is 13.0. The Morgan fingerprint density at radius 3 is 2.65 bits per heavy atom. The first kappa shape index (κ1) is 14.6. The summed E-state index contributed by atoms with van der Waals surface area (Å²) in [6.07, 6.45) is 0. The van der Waals surface area contributed by atoms with Gasteiger partial charge in [0.1, 0.15) is 11.6 Å². The molecule has 20 heavy (non-hydrogen) atoms. The van der Waals surface area contributed by atoms with Gasteiger partial charge in [-0.2, -0.15) is 0 Å². The number of nitrogen functional groups attached to an aromatic ring is 1. The van der Waals surface area contributed by atoms with Gasteiger partial charge in [0.05, 0.1) is 18.4 Å². The molecule has 6 heteroatoms. The number of amides is 1. The van der Waals surface area contributed by atoms with E-state index in [-0.39, 0.29) is 11.7 Å². The highest BCUT2D eigenvalue weighted by molar-refractivity contribution is 14.1. The molecule has 4 nitrogen and oxygen atoms in total. The molecule has 0 saturated heterocycles. The van der Waals surface area contributed by atoms with Crippen molar-refractivity contribution in [3.63, 3.8) is 0 Å². The summed E-state index contributed by atoms with van der Waals surface area (Å²) in [6.45, 7) is 0. The van der Waals surface area contributed by atoms with Gasteiger partial charge in [0.25, 0.3) is 5.91 Å². The molecule has 1 amide bonds. The largest absolute Gasteiger partial charge is 0.495 e. The Bertz CT molecular complexity index is 662. The summed E-state index contributed by atoms with van der Waals surface area (Å²) >= 11 is 1.92. The van der Waals surface area contributed by atoms with E-state index < -0.39 is 0 Å². The predicted molar refractivity (Wildman–Crippen MR) is 84.5 cm³/mol. The average Bonchev–Trinajstić information content (AvgIpc) is 2.38. The van der Waals surface area contributed by atoms with Crippen molar-refractivity contribution in [3.8, 4) is 5.75 Å². The van der Waals surface area contributed by atoms with Gasteiger partial charge >= 0.3 is 0 Å². The van der Waals surface area contributed by atoms with E-state index in [1.165, 1.54) is 25.3 Å². The molecule has 0 spiro atoms. The van der Waals surface area contributed by atoms with Gasteiger partial charge < -0.3 is 15.8 Å². The number of nitrogens with one attached hydrogen (secondary N) is 1. The molecule has 0 aliphatic carbocycles. The normalized spacial score (nSPS) is 10.2. The molecule has 0 radical (unpaired) electrons. The number of nitrogens with two attached hydrogens (primary N) is 1. The molecule has 2 aromatic rings. The average molecular weight is 386 g/mol. The summed E-state index contributed by atoms with van der Waals surface area (Å²) in [4.78, 5) is 12.1. The van der Waals surface area contributed by atoms with Crippen LogP contribution in [0.5, 0.6) is 5.75 Å². The van der Waals surface area contributed by atoms with E-state index in [4.69, 9.17) is 10.5 Å². The first-order chi connectivity index (χ1) is 9.51. The van der Waals surface area contributed by atoms with Crippen LogP contribution in [0.2, 0.25) is 0 Å². The number of anilines is 2. The van der Waals surface area contributed by atoms with Gasteiger partial charge in [-0.1, -0.05) is 0 Å². The van der Waals surface area contributed by atoms with E-state index in [1.54, 1.807) is 18.2 Å². The molecule has 104 valence electrons. The number of ether oxygens (including phenoxy) is 1. The van der Waals surface area contributed by atoms with Crippen molar-refractivity contribution in [2.75, 3.05) is 18.2 Å². The van der Waals surface area contributed by atoms with Crippen molar-refractivity contribution >= 4 is 39.9 Å². The Morgan fingerprint density at radius 1 is 1.30 bits per heavy atom. The van der Waals surface area contributed by atoms with Crippen molar-refractivity contribution < 1.29 is 13.9 Å². The van der Waals surface area contributed by atoms with E-state index in [0.29, 0.717) is 26.3 Å². The van der Waals surface area contributed by atoms with Crippen molar-refractivity contribution in [2.24, 2.45) is 0 Å². The Balaban J connectivity index is 2.21. The summed E-state index contributed by atoms with van der Waals surface area (Å²) < 4.78 is 18.6. The molecule has 0 bridgehead atoms. The lowest BCUT2D eigenvalue weighted by atomic mass is 10.2. The molecule has 2 aromatic carbocycles. The van der Waals surface area contributed by atoms with Crippen molar-refractivity contribution in [3.05, 3.63) is 51.3 Å². The molecule has 0 heterocycles. The number of rotatable bonds is 3. The van der Waals surface area contributed by atoms with Gasteiger partial charge in [-0.3, -0.25) is 4.79 Å². The van der Waals surface area contributed by atoms with Crippen LogP contribution in [0, 0.1) is 9.39 Å². The standard InChI is InChI=1S/C14H12FIN2O2/c1-20-13-5-3-9(7-12(13)17)18-14(19)10-4-2-8(15)6-11(10)16/h2-7H,17H2,1H3,(H,18,19). The highest BCUT2D eigenvalue weighted by atomic mass is 127. The van der Waals surface area contributed by atoms with E-state index >= 15 is 0 Å². The van der Waals surface area contributed by atoms with E-state index in [9.17, 15) is 9.18 Å². The number of benzene rings is 2. The summed E-state index contributed by atoms with van der Waals surface area (Å²) in [5.41, 5.74) is 7.15. The Morgan fingerprint density at radius 2 is 2.05 bits per heavy atom. The predicted octanol–water partition coefficient (Wildman–Crippen LogP) is 3.27. The Hall–Kier alpha value is -1.83. The second-order valence-corrected chi connectivity index (χ2v) is 5.20. The zero-order valence-corrected chi connectivity index (χ0v) is 12.8. The van der Waals surface area contributed by atoms with Crippen LogP contribution in [-0.2, 0) is 0 Å². The minimum Gasteiger partial charge on any atom is -0.495 e. The molecule has 0 aromatic heterocycles. The highest BCUT2D eigenvalue weighted by Gasteiger charge is 2.11. The topological polar surface area (TPSA) is 64.3 Å². The molecule has 0 atom stereocenters. The van der Waals surface area contributed by atoms with Crippen molar-refractivity contribution in [1.29, 1.82) is 0 Å². The summed E-state index contributed by atoms with van der Waals surface area (Å²) in [5, 5.41) is 2.71. The fraction of sp³-hybridized carbons (Fsp3) is 0.0714. The molecule has 0 fully saturated rings. The summed E-state index contributed by atoms with van der Waals surface area (Å²) in [5.74, 6) is -0.155. The van der Waals surface area contributed by atoms with Gasteiger partial charge in [-0.25, -0.2) is 4.39 Å². The fourth-order valence-corrected chi connectivity index (χ4v) is 2.41. The number of carbonyl (C=O) groups excluding carboxylic acids is 1. The maximum atomic E-state index is 13.0. The minimum absolute atomic E-state index is 0.320. The Kier molecular flexibility index (Phi) is 4.43. The van der Waals surface area contributed by atoms with Crippen LogP contribution in [-0.4, -0.2) is 13.0 Å². The van der Waals surface area contributed by atoms with E-state index in [2.05, 4.69) is 5.32 Å². The third-order valence-electron chi connectivity index (χ3n) is 2.66. The second-order valence-electron chi connectivity index (χ2n) is 4.04. The fourth-order valence-electron chi connectivity index (χ4n) is 1.68. The lowest BCUT2D eigenvalue weighted by Crippen LogP contribution is -2.13. The molecule has 0 unspecified atom stereocenters. The zero-order valence-electron chi connectivity index (χ0n) is 10.6. The van der Waals surface area contributed by atoms with Crippen LogP contribution < -0.4 is 15.8 Å². The lowest BCUT2D eigenvalue weighted by Gasteiger charge is -2.09. The maximum Gasteiger partial charge on any atom is 0.256 e. The van der Waals surface area contributed by atoms with Crippen LogP contribution in [0.3, 0.4) is 0 Å². The molecular formula is C14H12FIN2O2. The zero-order chi connectivity index (χ0) is 14.7. The molecule has 2 rings (SSSR count). The summed E-state index contributed by atoms with van der Waals surface area (Å²) in [7, 11) is 1.52. The monoisotopic (exact) mass is 386 g/mol. The minimum atomic E-state index is -0.375. The lowest BCUT2D eigenvalue weighted by molar-refractivity contribution is 0.102. The van der Waals surface area contributed by atoms with Crippen LogP contribution in [0.4, 0.5) is 15.8 Å². The highest BCUT2D eigenvalue weighted by Crippen LogP contribution is 2.25.